The van der Waals surface area contributed by atoms with Crippen molar-refractivity contribution in [2.24, 2.45) is 10.6 Å². The highest BCUT2D eigenvalue weighted by atomic mass is 16.6. The first-order valence-corrected chi connectivity index (χ1v) is 14.7. The molecule has 2 aliphatic rings. The van der Waals surface area contributed by atoms with E-state index in [2.05, 4.69) is 54.3 Å². The van der Waals surface area contributed by atoms with Gasteiger partial charge >= 0.3 is 7.12 Å². The number of para-hydroxylation sites is 1. The molecule has 0 amide bonds. The third-order valence-corrected chi connectivity index (χ3v) is 8.85. The number of aryl methyl sites for hydroxylation is 1. The number of benzene rings is 3. The van der Waals surface area contributed by atoms with Crippen molar-refractivity contribution in [1.29, 1.82) is 0 Å². The van der Waals surface area contributed by atoms with Crippen LogP contribution >= 0.6 is 0 Å². The maximum Gasteiger partial charge on any atom is 0.583 e. The summed E-state index contributed by atoms with van der Waals surface area (Å²) >= 11 is 0. The largest absolute Gasteiger partial charge is 0.583 e. The highest BCUT2D eigenvalue weighted by Gasteiger charge is 2.30. The molecule has 6 rings (SSSR count). The number of nitrogens with one attached hydrogen (secondary N) is 1. The minimum atomic E-state index is -1.07. The van der Waals surface area contributed by atoms with Crippen LogP contribution in [0.15, 0.2) is 69.0 Å². The van der Waals surface area contributed by atoms with E-state index in [1.165, 1.54) is 0 Å². The number of nitrogens with zero attached hydrogens (tertiary/aromatic N) is 2. The molecule has 1 atom stereocenters. The van der Waals surface area contributed by atoms with Crippen molar-refractivity contribution in [1.82, 2.24) is 0 Å². The lowest BCUT2D eigenvalue weighted by Crippen LogP contribution is -2.39. The summed E-state index contributed by atoms with van der Waals surface area (Å²) in [4.78, 5) is 15.9. The van der Waals surface area contributed by atoms with Crippen molar-refractivity contribution in [3.05, 3.63) is 87.1 Å². The molecule has 0 saturated carbocycles. The van der Waals surface area contributed by atoms with Gasteiger partial charge < -0.3 is 24.4 Å². The fourth-order valence-corrected chi connectivity index (χ4v) is 6.15. The summed E-state index contributed by atoms with van der Waals surface area (Å²) in [6, 6.07) is 18.0. The summed E-state index contributed by atoms with van der Waals surface area (Å²) in [7, 11) is -1.07. The van der Waals surface area contributed by atoms with Gasteiger partial charge in [-0.3, -0.25) is 4.79 Å². The van der Waals surface area contributed by atoms with Crippen molar-refractivity contribution in [2.75, 3.05) is 23.3 Å². The molecule has 216 valence electrons. The second-order valence-electron chi connectivity index (χ2n) is 12.6. The summed E-state index contributed by atoms with van der Waals surface area (Å²) in [5, 5.41) is 18.6. The lowest BCUT2D eigenvalue weighted by molar-refractivity contribution is 0.274. The molecular weight excluding hydrogens is 525 g/mol. The summed E-state index contributed by atoms with van der Waals surface area (Å²) in [6.45, 7) is 14.2. The van der Waals surface area contributed by atoms with Gasteiger partial charge in [-0.1, -0.05) is 50.2 Å². The van der Waals surface area contributed by atoms with Crippen molar-refractivity contribution >= 4 is 40.8 Å². The van der Waals surface area contributed by atoms with Crippen molar-refractivity contribution in [2.45, 2.75) is 60.4 Å². The molecule has 7 nitrogen and oxygen atoms in total. The number of piperidine rings is 1. The number of hydrogen-bond acceptors (Lipinski definition) is 7. The molecule has 0 spiro atoms. The second-order valence-corrected chi connectivity index (χ2v) is 12.6. The zero-order valence-corrected chi connectivity index (χ0v) is 25.2. The summed E-state index contributed by atoms with van der Waals surface area (Å²) < 4.78 is 11.8. The molecule has 3 aromatic carbocycles. The van der Waals surface area contributed by atoms with Crippen LogP contribution in [0.4, 0.5) is 11.6 Å². The maximum atomic E-state index is 13.7. The molecule has 0 unspecified atom stereocenters. The van der Waals surface area contributed by atoms with Gasteiger partial charge in [-0.05, 0) is 75.3 Å². The molecule has 8 heteroatoms. The van der Waals surface area contributed by atoms with E-state index in [4.69, 9.17) is 9.17 Å². The molecule has 1 fully saturated rings. The van der Waals surface area contributed by atoms with Crippen LogP contribution in [-0.4, -0.2) is 30.9 Å². The summed E-state index contributed by atoms with van der Waals surface area (Å²) in [6.07, 6.45) is 2.12. The molecule has 4 aromatic rings. The van der Waals surface area contributed by atoms with Crippen LogP contribution in [0.5, 0.6) is 0 Å². The van der Waals surface area contributed by atoms with E-state index in [9.17, 15) is 9.82 Å². The highest BCUT2D eigenvalue weighted by Crippen LogP contribution is 2.37. The Morgan fingerprint density at radius 2 is 1.76 bits per heavy atom. The minimum Gasteiger partial charge on any atom is -0.440 e. The molecule has 1 saturated heterocycles. The Hall–Kier alpha value is -4.04. The molecule has 2 N–H and O–H groups in total. The van der Waals surface area contributed by atoms with Crippen LogP contribution in [0, 0.1) is 19.3 Å². The number of rotatable bonds is 5. The molecule has 3 heterocycles. The number of anilines is 2. The molecule has 0 radical (unpaired) electrons. The highest BCUT2D eigenvalue weighted by molar-refractivity contribution is 6.62. The van der Waals surface area contributed by atoms with E-state index in [1.807, 2.05) is 57.2 Å². The van der Waals surface area contributed by atoms with Crippen LogP contribution in [-0.2, 0) is 4.76 Å². The van der Waals surface area contributed by atoms with Crippen LogP contribution in [0.3, 0.4) is 0 Å². The van der Waals surface area contributed by atoms with Gasteiger partial charge in [0.1, 0.15) is 5.58 Å². The Kier molecular flexibility index (Phi) is 7.13. The molecule has 0 bridgehead atoms. The van der Waals surface area contributed by atoms with Gasteiger partial charge in [-0.15, -0.1) is 5.16 Å². The topological polar surface area (TPSA) is 87.3 Å². The standard InChI is InChI=1S/C34H38BN3O4/c1-20-17-27(32-28(18-20)31(39)21(2)33(41-32)38-15-13-34(5,6)14-16-38)22(3)36-30-10-8-7-9-25(30)24-11-12-29-26(19-24)23(4)37-42-35(29)40/h7-12,17-19,22,36,40H,13-16H2,1-6H3/t22-/m1/s1. The molecule has 1 aromatic heterocycles. The maximum absolute atomic E-state index is 13.7. The first kappa shape index (κ1) is 28.1. The average molecular weight is 564 g/mol. The van der Waals surface area contributed by atoms with Gasteiger partial charge in [-0.2, -0.15) is 0 Å². The smallest absolute Gasteiger partial charge is 0.440 e. The number of oxime groups is 1. The summed E-state index contributed by atoms with van der Waals surface area (Å²) in [5.74, 6) is 0.693. The third kappa shape index (κ3) is 5.09. The Balaban J connectivity index is 1.39. The van der Waals surface area contributed by atoms with Gasteiger partial charge in [0.2, 0.25) is 5.88 Å². The van der Waals surface area contributed by atoms with E-state index in [-0.39, 0.29) is 11.5 Å². The first-order valence-electron chi connectivity index (χ1n) is 14.7. The van der Waals surface area contributed by atoms with Crippen molar-refractivity contribution < 1.29 is 14.2 Å². The normalized spacial score (nSPS) is 17.0. The minimum absolute atomic E-state index is 0.0332. The van der Waals surface area contributed by atoms with E-state index >= 15 is 0 Å². The summed E-state index contributed by atoms with van der Waals surface area (Å²) in [5.41, 5.74) is 8.88. The molecule has 42 heavy (non-hydrogen) atoms. The molecule has 0 aliphatic carbocycles. The van der Waals surface area contributed by atoms with Gasteiger partial charge in [0.05, 0.1) is 22.7 Å². The van der Waals surface area contributed by atoms with Crippen LogP contribution < -0.4 is 21.1 Å². The second kappa shape index (κ2) is 10.7. The number of fused-ring (bicyclic) bond motifs is 2. The fourth-order valence-electron chi connectivity index (χ4n) is 6.15. The monoisotopic (exact) mass is 563 g/mol. The van der Waals surface area contributed by atoms with Gasteiger partial charge in [0, 0.05) is 40.9 Å². The lowest BCUT2D eigenvalue weighted by Gasteiger charge is -2.37. The Labute approximate surface area is 247 Å². The quantitative estimate of drug-likeness (QED) is 0.277. The average Bonchev–Trinajstić information content (AvgIpc) is 2.97. The van der Waals surface area contributed by atoms with E-state index in [1.54, 1.807) is 0 Å². The zero-order valence-electron chi connectivity index (χ0n) is 25.2. The fraction of sp³-hybridized carbons (Fsp3) is 0.353. The van der Waals surface area contributed by atoms with Crippen LogP contribution in [0.25, 0.3) is 22.1 Å². The Bertz CT molecular complexity index is 1770. The SMILES string of the molecule is CC1=NOB(O)c2ccc(-c3ccccc3N[C@H](C)c3cc(C)cc4c(=O)c(C)c(N5CCC(C)(C)CC5)oc34)cc21. The molecular formula is C34H38BN3O4. The van der Waals surface area contributed by atoms with Crippen molar-refractivity contribution in [3.63, 3.8) is 0 Å². The Morgan fingerprint density at radius 3 is 2.52 bits per heavy atom. The van der Waals surface area contributed by atoms with E-state index in [0.717, 1.165) is 65.1 Å². The number of hydrogen-bond donors (Lipinski definition) is 2. The lowest BCUT2D eigenvalue weighted by atomic mass is 9.74. The predicted octanol–water partition coefficient (Wildman–Crippen LogP) is 6.32. The van der Waals surface area contributed by atoms with E-state index < -0.39 is 7.12 Å². The first-order chi connectivity index (χ1) is 20.0. The zero-order chi connectivity index (χ0) is 29.8. The Morgan fingerprint density at radius 1 is 1.02 bits per heavy atom. The van der Waals surface area contributed by atoms with Crippen molar-refractivity contribution in [3.8, 4) is 11.1 Å². The van der Waals surface area contributed by atoms with Gasteiger partial charge in [-0.25, -0.2) is 0 Å². The predicted molar refractivity (Wildman–Crippen MR) is 172 cm³/mol. The van der Waals surface area contributed by atoms with Gasteiger partial charge in [0.15, 0.2) is 5.43 Å². The van der Waals surface area contributed by atoms with Crippen LogP contribution in [0.1, 0.15) is 68.8 Å². The van der Waals surface area contributed by atoms with Gasteiger partial charge in [0.25, 0.3) is 0 Å². The van der Waals surface area contributed by atoms with E-state index in [0.29, 0.717) is 33.3 Å². The third-order valence-electron chi connectivity index (χ3n) is 8.85. The van der Waals surface area contributed by atoms with Crippen LogP contribution in [0.2, 0.25) is 0 Å². The molecule has 2 aliphatic heterocycles.